The van der Waals surface area contributed by atoms with Crippen molar-refractivity contribution in [1.29, 1.82) is 0 Å². The number of H-pyrrole nitrogens is 1. The van der Waals surface area contributed by atoms with Crippen molar-refractivity contribution >= 4 is 29.7 Å². The fourth-order valence-electron chi connectivity index (χ4n) is 3.01. The number of nitrogens with zero attached hydrogens (tertiary/aromatic N) is 1. The third-order valence-corrected chi connectivity index (χ3v) is 4.67. The van der Waals surface area contributed by atoms with Crippen molar-refractivity contribution in [1.82, 2.24) is 25.9 Å². The highest BCUT2D eigenvalue weighted by atomic mass is 16.4. The minimum absolute atomic E-state index is 0.00507. The quantitative estimate of drug-likeness (QED) is 0.173. The molecule has 0 aliphatic rings. The number of aliphatic carboxylic acids is 2. The van der Waals surface area contributed by atoms with Gasteiger partial charge in [-0.1, -0.05) is 30.3 Å². The van der Waals surface area contributed by atoms with E-state index in [4.69, 9.17) is 10.8 Å². The standard InChI is InChI=1S/C21H26N6O7/c22-14(7-13-9-23-11-25-13)19(32)26-16(8-17(28)29)21(34)27-15(20(33)24-10-18(30)31)6-12-4-2-1-3-5-12/h1-5,9,11,14-16H,6-8,10,22H2,(H,23,25)(H,24,33)(H,26,32)(H,27,34)(H,28,29)(H,30,31). The van der Waals surface area contributed by atoms with E-state index in [2.05, 4.69) is 25.9 Å². The number of hydrogen-bond donors (Lipinski definition) is 7. The smallest absolute Gasteiger partial charge is 0.322 e. The van der Waals surface area contributed by atoms with Crippen LogP contribution in [0.2, 0.25) is 0 Å². The molecule has 0 saturated carbocycles. The second kappa shape index (κ2) is 12.7. The zero-order valence-corrected chi connectivity index (χ0v) is 18.1. The molecule has 0 radical (unpaired) electrons. The Labute approximate surface area is 194 Å². The molecule has 8 N–H and O–H groups in total. The molecule has 2 rings (SSSR count). The number of carboxylic acids is 2. The molecule has 34 heavy (non-hydrogen) atoms. The molecule has 3 amide bonds. The summed E-state index contributed by atoms with van der Waals surface area (Å²) in [7, 11) is 0. The number of aromatic nitrogens is 2. The van der Waals surface area contributed by atoms with Crippen molar-refractivity contribution in [3.8, 4) is 0 Å². The van der Waals surface area contributed by atoms with Crippen LogP contribution in [0.3, 0.4) is 0 Å². The molecule has 0 spiro atoms. The Morgan fingerprint density at radius 1 is 0.912 bits per heavy atom. The predicted molar refractivity (Wildman–Crippen MR) is 117 cm³/mol. The van der Waals surface area contributed by atoms with E-state index >= 15 is 0 Å². The third kappa shape index (κ3) is 8.70. The van der Waals surface area contributed by atoms with Crippen LogP contribution in [0, 0.1) is 0 Å². The van der Waals surface area contributed by atoms with E-state index in [1.807, 2.05) is 0 Å². The highest BCUT2D eigenvalue weighted by Gasteiger charge is 2.30. The van der Waals surface area contributed by atoms with E-state index in [0.29, 0.717) is 11.3 Å². The first-order valence-corrected chi connectivity index (χ1v) is 10.2. The molecule has 0 aliphatic heterocycles. The Balaban J connectivity index is 2.12. The van der Waals surface area contributed by atoms with Crippen LogP contribution in [0.4, 0.5) is 0 Å². The number of aromatic amines is 1. The van der Waals surface area contributed by atoms with Gasteiger partial charge in [-0.15, -0.1) is 0 Å². The Kier molecular flexibility index (Phi) is 9.71. The van der Waals surface area contributed by atoms with E-state index in [1.165, 1.54) is 12.5 Å². The van der Waals surface area contributed by atoms with Gasteiger partial charge in [0.25, 0.3) is 0 Å². The van der Waals surface area contributed by atoms with Crippen LogP contribution >= 0.6 is 0 Å². The number of hydrogen-bond acceptors (Lipinski definition) is 7. The summed E-state index contributed by atoms with van der Waals surface area (Å²) in [6.45, 7) is -0.669. The summed E-state index contributed by atoms with van der Waals surface area (Å²) in [5.74, 6) is -5.13. The second-order valence-corrected chi connectivity index (χ2v) is 7.41. The van der Waals surface area contributed by atoms with Crippen molar-refractivity contribution in [2.24, 2.45) is 5.73 Å². The molecule has 3 atom stereocenters. The van der Waals surface area contributed by atoms with E-state index in [1.54, 1.807) is 30.3 Å². The number of imidazole rings is 1. The van der Waals surface area contributed by atoms with Crippen molar-refractivity contribution in [2.75, 3.05) is 6.54 Å². The summed E-state index contributed by atoms with van der Waals surface area (Å²) in [6, 6.07) is 4.76. The van der Waals surface area contributed by atoms with Crippen LogP contribution in [-0.2, 0) is 36.8 Å². The van der Waals surface area contributed by atoms with Crippen LogP contribution < -0.4 is 21.7 Å². The molecule has 0 fully saturated rings. The average Bonchev–Trinajstić information content (AvgIpc) is 3.29. The Bertz CT molecular complexity index is 996. The molecule has 3 unspecified atom stereocenters. The van der Waals surface area contributed by atoms with Gasteiger partial charge in [0.15, 0.2) is 0 Å². The first-order chi connectivity index (χ1) is 16.2. The molecule has 0 bridgehead atoms. The van der Waals surface area contributed by atoms with Crippen molar-refractivity contribution in [3.05, 3.63) is 54.1 Å². The zero-order chi connectivity index (χ0) is 25.1. The van der Waals surface area contributed by atoms with Gasteiger partial charge in [-0.3, -0.25) is 24.0 Å². The van der Waals surface area contributed by atoms with Gasteiger partial charge in [-0.05, 0) is 5.56 Å². The van der Waals surface area contributed by atoms with Crippen LogP contribution in [0.1, 0.15) is 17.7 Å². The summed E-state index contributed by atoms with van der Waals surface area (Å²) < 4.78 is 0. The summed E-state index contributed by atoms with van der Waals surface area (Å²) in [5, 5.41) is 24.9. The van der Waals surface area contributed by atoms with Gasteiger partial charge in [0.2, 0.25) is 17.7 Å². The fourth-order valence-corrected chi connectivity index (χ4v) is 3.01. The van der Waals surface area contributed by atoms with Crippen molar-refractivity contribution in [2.45, 2.75) is 37.4 Å². The van der Waals surface area contributed by atoms with Gasteiger partial charge >= 0.3 is 11.9 Å². The summed E-state index contributed by atoms with van der Waals surface area (Å²) in [5.41, 5.74) is 7.08. The number of rotatable bonds is 13. The number of carbonyl (C=O) groups excluding carboxylic acids is 3. The van der Waals surface area contributed by atoms with E-state index in [0.717, 1.165) is 0 Å². The Hall–Kier alpha value is -4.26. The zero-order valence-electron chi connectivity index (χ0n) is 18.1. The molecule has 1 aromatic carbocycles. The van der Waals surface area contributed by atoms with E-state index in [9.17, 15) is 29.1 Å². The summed E-state index contributed by atoms with van der Waals surface area (Å²) in [6.07, 6.45) is 2.19. The van der Waals surface area contributed by atoms with Gasteiger partial charge in [-0.25, -0.2) is 4.98 Å². The maximum Gasteiger partial charge on any atom is 0.322 e. The Morgan fingerprint density at radius 2 is 1.59 bits per heavy atom. The summed E-state index contributed by atoms with van der Waals surface area (Å²) >= 11 is 0. The monoisotopic (exact) mass is 474 g/mol. The van der Waals surface area contributed by atoms with Crippen molar-refractivity contribution in [3.63, 3.8) is 0 Å². The minimum atomic E-state index is -1.52. The molecule has 0 aliphatic carbocycles. The maximum absolute atomic E-state index is 12.9. The molecule has 1 aromatic heterocycles. The van der Waals surface area contributed by atoms with Crippen LogP contribution in [0.15, 0.2) is 42.9 Å². The first kappa shape index (κ1) is 26.0. The average molecular weight is 474 g/mol. The van der Waals surface area contributed by atoms with Crippen LogP contribution in [0.25, 0.3) is 0 Å². The number of nitrogens with two attached hydrogens (primary N) is 1. The highest BCUT2D eigenvalue weighted by molar-refractivity contribution is 5.95. The van der Waals surface area contributed by atoms with Crippen molar-refractivity contribution < 1.29 is 34.2 Å². The fraction of sp³-hybridized carbons (Fsp3) is 0.333. The van der Waals surface area contributed by atoms with Crippen LogP contribution in [-0.4, -0.2) is 74.5 Å². The van der Waals surface area contributed by atoms with Gasteiger partial charge in [0, 0.05) is 24.7 Å². The molecule has 0 saturated heterocycles. The molecule has 13 nitrogen and oxygen atoms in total. The largest absolute Gasteiger partial charge is 0.481 e. The van der Waals surface area contributed by atoms with Gasteiger partial charge in [0.05, 0.1) is 18.8 Å². The lowest BCUT2D eigenvalue weighted by Crippen LogP contribution is -2.57. The highest BCUT2D eigenvalue weighted by Crippen LogP contribution is 2.05. The second-order valence-electron chi connectivity index (χ2n) is 7.41. The molecule has 182 valence electrons. The van der Waals surface area contributed by atoms with E-state index in [-0.39, 0.29) is 12.8 Å². The lowest BCUT2D eigenvalue weighted by atomic mass is 10.0. The van der Waals surface area contributed by atoms with Gasteiger partial charge in [0.1, 0.15) is 18.6 Å². The van der Waals surface area contributed by atoms with Crippen LogP contribution in [0.5, 0.6) is 0 Å². The lowest BCUT2D eigenvalue weighted by molar-refractivity contribution is -0.141. The maximum atomic E-state index is 12.9. The summed E-state index contributed by atoms with van der Waals surface area (Å²) in [4.78, 5) is 66.5. The molecule has 2 aromatic rings. The molecule has 13 heteroatoms. The lowest BCUT2D eigenvalue weighted by Gasteiger charge is -2.23. The van der Waals surface area contributed by atoms with Gasteiger partial charge < -0.3 is 36.9 Å². The molecule has 1 heterocycles. The van der Waals surface area contributed by atoms with E-state index < -0.39 is 60.8 Å². The number of carbonyl (C=O) groups is 5. The first-order valence-electron chi connectivity index (χ1n) is 10.2. The number of amides is 3. The molecular weight excluding hydrogens is 448 g/mol. The third-order valence-electron chi connectivity index (χ3n) is 4.67. The predicted octanol–water partition coefficient (Wildman–Crippen LogP) is -1.83. The van der Waals surface area contributed by atoms with Gasteiger partial charge in [-0.2, -0.15) is 0 Å². The minimum Gasteiger partial charge on any atom is -0.481 e. The molecular formula is C21H26N6O7. The normalized spacial score (nSPS) is 13.2. The number of benzene rings is 1. The Morgan fingerprint density at radius 3 is 2.18 bits per heavy atom. The topological polar surface area (TPSA) is 217 Å². The number of carboxylic acid groups (broad SMARTS) is 2. The SMILES string of the molecule is NC(Cc1cnc[nH]1)C(=O)NC(CC(=O)O)C(=O)NC(Cc1ccccc1)C(=O)NCC(=O)O. The number of nitrogens with one attached hydrogen (secondary N) is 4.